The molecule has 9 heteroatoms. The van der Waals surface area contributed by atoms with Crippen molar-refractivity contribution in [1.82, 2.24) is 4.90 Å². The van der Waals surface area contributed by atoms with Gasteiger partial charge >= 0.3 is 5.97 Å². The van der Waals surface area contributed by atoms with Crippen LogP contribution < -0.4 is 14.8 Å². The molecule has 194 valence electrons. The molecule has 2 saturated carbocycles. The second-order valence-electron chi connectivity index (χ2n) is 9.86. The second-order valence-corrected chi connectivity index (χ2v) is 9.86. The Kier molecular flexibility index (Phi) is 6.86. The number of benzene rings is 2. The van der Waals surface area contributed by atoms with Crippen LogP contribution in [0.1, 0.15) is 24.8 Å². The van der Waals surface area contributed by atoms with E-state index in [1.165, 1.54) is 14.2 Å². The van der Waals surface area contributed by atoms with Gasteiger partial charge in [0.2, 0.25) is 11.8 Å². The molecular weight excluding hydrogens is 476 g/mol. The largest absolute Gasteiger partial charge is 0.497 e. The molecule has 0 unspecified atom stereocenters. The molecule has 5 rings (SSSR count). The fourth-order valence-corrected chi connectivity index (χ4v) is 6.18. The SMILES string of the molecule is COc1ccc(NC(=O)COC(=O)[C@H](Cc2ccccc2)N2C(=O)[C@H]3[C@H]4CC[C@@H](C4)[C@@H]3C2=O)c(OC)c1. The van der Waals surface area contributed by atoms with Crippen LogP contribution in [0.4, 0.5) is 5.69 Å². The van der Waals surface area contributed by atoms with Gasteiger partial charge in [-0.15, -0.1) is 0 Å². The Hall–Kier alpha value is -3.88. The number of nitrogens with zero attached hydrogens (tertiary/aromatic N) is 1. The van der Waals surface area contributed by atoms with E-state index in [0.717, 1.165) is 29.7 Å². The van der Waals surface area contributed by atoms with Crippen LogP contribution in [0.3, 0.4) is 0 Å². The van der Waals surface area contributed by atoms with Gasteiger partial charge < -0.3 is 19.5 Å². The van der Waals surface area contributed by atoms with Crippen molar-refractivity contribution in [1.29, 1.82) is 0 Å². The third-order valence-electron chi connectivity index (χ3n) is 7.85. The van der Waals surface area contributed by atoms with Crippen LogP contribution in [-0.4, -0.2) is 55.5 Å². The third kappa shape index (κ3) is 4.65. The molecule has 3 fully saturated rings. The van der Waals surface area contributed by atoms with E-state index in [4.69, 9.17) is 14.2 Å². The molecule has 3 amide bonds. The average molecular weight is 507 g/mol. The molecule has 1 aliphatic heterocycles. The number of imide groups is 1. The van der Waals surface area contributed by atoms with Crippen LogP contribution in [0.15, 0.2) is 48.5 Å². The summed E-state index contributed by atoms with van der Waals surface area (Å²) in [5.74, 6) is -1.27. The second kappa shape index (κ2) is 10.2. The fraction of sp³-hybridized carbons (Fsp3) is 0.429. The standard InChI is InChI=1S/C28H30N2O7/c1-35-19-10-11-20(22(14-19)36-2)29-23(31)15-37-28(34)21(12-16-6-4-3-5-7-16)30-26(32)24-17-8-9-18(13-17)25(24)27(30)33/h3-7,10-11,14,17-18,21,24-25H,8-9,12-13,15H2,1-2H3,(H,29,31)/t17-,18-,21-,24-,25-/m0/s1. The number of ether oxygens (including phenoxy) is 3. The molecule has 37 heavy (non-hydrogen) atoms. The summed E-state index contributed by atoms with van der Waals surface area (Å²) in [4.78, 5) is 53.9. The van der Waals surface area contributed by atoms with Gasteiger partial charge in [0.15, 0.2) is 6.61 Å². The van der Waals surface area contributed by atoms with E-state index < -0.39 is 24.5 Å². The molecule has 1 heterocycles. The number of carbonyl (C=O) groups is 4. The average Bonchev–Trinajstić information content (AvgIpc) is 3.60. The van der Waals surface area contributed by atoms with Gasteiger partial charge in [-0.2, -0.15) is 0 Å². The summed E-state index contributed by atoms with van der Waals surface area (Å²) in [6.07, 6.45) is 2.92. The maximum atomic E-state index is 13.4. The van der Waals surface area contributed by atoms with Crippen LogP contribution in [0.2, 0.25) is 0 Å². The number of anilines is 1. The molecule has 0 aromatic heterocycles. The lowest BCUT2D eigenvalue weighted by atomic mass is 9.81. The van der Waals surface area contributed by atoms with Crippen LogP contribution in [0, 0.1) is 23.7 Å². The molecule has 1 N–H and O–H groups in total. The molecule has 9 nitrogen and oxygen atoms in total. The van der Waals surface area contributed by atoms with Gasteiger partial charge in [0.1, 0.15) is 17.5 Å². The molecule has 2 aliphatic carbocycles. The minimum Gasteiger partial charge on any atom is -0.497 e. The Labute approximate surface area is 215 Å². The molecule has 2 bridgehead atoms. The minimum absolute atomic E-state index is 0.125. The maximum absolute atomic E-state index is 13.4. The third-order valence-corrected chi connectivity index (χ3v) is 7.85. The predicted molar refractivity (Wildman–Crippen MR) is 133 cm³/mol. The molecule has 3 aliphatic rings. The van der Waals surface area contributed by atoms with Gasteiger partial charge in [0.25, 0.3) is 5.91 Å². The smallest absolute Gasteiger partial charge is 0.330 e. The van der Waals surface area contributed by atoms with Crippen molar-refractivity contribution in [3.8, 4) is 11.5 Å². The highest BCUT2D eigenvalue weighted by atomic mass is 16.5. The van der Waals surface area contributed by atoms with Crippen LogP contribution in [-0.2, 0) is 30.3 Å². The van der Waals surface area contributed by atoms with Gasteiger partial charge in [-0.05, 0) is 48.8 Å². The Bertz CT molecular complexity index is 1190. The highest BCUT2D eigenvalue weighted by Crippen LogP contribution is 2.56. The Morgan fingerprint density at radius 1 is 0.973 bits per heavy atom. The number of methoxy groups -OCH3 is 2. The fourth-order valence-electron chi connectivity index (χ4n) is 6.18. The highest BCUT2D eigenvalue weighted by Gasteiger charge is 2.62. The van der Waals surface area contributed by atoms with Crippen molar-refractivity contribution < 1.29 is 33.4 Å². The lowest BCUT2D eigenvalue weighted by Gasteiger charge is -2.26. The summed E-state index contributed by atoms with van der Waals surface area (Å²) in [7, 11) is 2.98. The number of hydrogen-bond donors (Lipinski definition) is 1. The van der Waals surface area contributed by atoms with Crippen molar-refractivity contribution >= 4 is 29.4 Å². The first-order chi connectivity index (χ1) is 17.9. The minimum atomic E-state index is -1.13. The quantitative estimate of drug-likeness (QED) is 0.411. The molecule has 2 aromatic rings. The summed E-state index contributed by atoms with van der Waals surface area (Å²) < 4.78 is 15.8. The number of carbonyl (C=O) groups excluding carboxylic acids is 4. The Morgan fingerprint density at radius 2 is 1.65 bits per heavy atom. The number of amides is 3. The lowest BCUT2D eigenvalue weighted by Crippen LogP contribution is -2.48. The molecule has 0 spiro atoms. The summed E-state index contributed by atoms with van der Waals surface area (Å²) in [5.41, 5.74) is 1.18. The number of likely N-dealkylation sites (tertiary alicyclic amines) is 1. The topological polar surface area (TPSA) is 111 Å². The first kappa shape index (κ1) is 24.8. The first-order valence-electron chi connectivity index (χ1n) is 12.5. The number of hydrogen-bond acceptors (Lipinski definition) is 7. The summed E-state index contributed by atoms with van der Waals surface area (Å²) in [6, 6.07) is 12.9. The van der Waals surface area contributed by atoms with Gasteiger partial charge in [0.05, 0.1) is 31.7 Å². The Balaban J connectivity index is 1.30. The number of nitrogens with one attached hydrogen (secondary N) is 1. The van der Waals surface area contributed by atoms with Crippen molar-refractivity contribution in [2.45, 2.75) is 31.7 Å². The zero-order valence-corrected chi connectivity index (χ0v) is 20.8. The van der Waals surface area contributed by atoms with E-state index in [9.17, 15) is 19.2 Å². The Morgan fingerprint density at radius 3 is 2.27 bits per heavy atom. The van der Waals surface area contributed by atoms with Gasteiger partial charge in [-0.1, -0.05) is 30.3 Å². The van der Waals surface area contributed by atoms with Crippen LogP contribution in [0.25, 0.3) is 0 Å². The van der Waals surface area contributed by atoms with Crippen LogP contribution >= 0.6 is 0 Å². The lowest BCUT2D eigenvalue weighted by molar-refractivity contribution is -0.160. The van der Waals surface area contributed by atoms with Crippen molar-refractivity contribution in [3.63, 3.8) is 0 Å². The van der Waals surface area contributed by atoms with E-state index in [0.29, 0.717) is 17.2 Å². The van der Waals surface area contributed by atoms with Gasteiger partial charge in [-0.25, -0.2) is 4.79 Å². The monoisotopic (exact) mass is 506 g/mol. The van der Waals surface area contributed by atoms with Gasteiger partial charge in [-0.3, -0.25) is 19.3 Å². The van der Waals surface area contributed by atoms with Crippen molar-refractivity contribution in [2.24, 2.45) is 23.7 Å². The van der Waals surface area contributed by atoms with E-state index in [1.54, 1.807) is 18.2 Å². The zero-order valence-electron chi connectivity index (χ0n) is 20.8. The van der Waals surface area contributed by atoms with Gasteiger partial charge in [0, 0.05) is 12.5 Å². The summed E-state index contributed by atoms with van der Waals surface area (Å²) in [5, 5.41) is 2.65. The normalized spacial score (nSPS) is 24.5. The summed E-state index contributed by atoms with van der Waals surface area (Å²) >= 11 is 0. The molecule has 5 atom stereocenters. The van der Waals surface area contributed by atoms with E-state index in [2.05, 4.69) is 5.32 Å². The number of rotatable bonds is 9. The molecule has 2 aromatic carbocycles. The highest BCUT2D eigenvalue weighted by molar-refractivity contribution is 6.08. The molecule has 1 saturated heterocycles. The van der Waals surface area contributed by atoms with Crippen molar-refractivity contribution in [3.05, 3.63) is 54.1 Å². The van der Waals surface area contributed by atoms with Crippen molar-refractivity contribution in [2.75, 3.05) is 26.1 Å². The zero-order chi connectivity index (χ0) is 26.1. The molecular formula is C28H30N2O7. The predicted octanol–water partition coefficient (Wildman–Crippen LogP) is 2.83. The van der Waals surface area contributed by atoms with E-state index in [-0.39, 0.29) is 41.9 Å². The van der Waals surface area contributed by atoms with Crippen LogP contribution in [0.5, 0.6) is 11.5 Å². The van der Waals surface area contributed by atoms with E-state index >= 15 is 0 Å². The first-order valence-corrected chi connectivity index (χ1v) is 12.5. The number of esters is 1. The maximum Gasteiger partial charge on any atom is 0.330 e. The van der Waals surface area contributed by atoms with E-state index in [1.807, 2.05) is 30.3 Å². The summed E-state index contributed by atoms with van der Waals surface area (Å²) in [6.45, 7) is -0.576. The number of fused-ring (bicyclic) bond motifs is 5. The molecule has 0 radical (unpaired) electrons.